The van der Waals surface area contributed by atoms with Gasteiger partial charge >= 0.3 is 0 Å². The second kappa shape index (κ2) is 6.66. The number of anilines is 2. The highest BCUT2D eigenvalue weighted by atomic mass is 32.2. The molecule has 0 unspecified atom stereocenters. The summed E-state index contributed by atoms with van der Waals surface area (Å²) in [4.78, 5) is 1.99. The highest BCUT2D eigenvalue weighted by Crippen LogP contribution is 2.24. The van der Waals surface area contributed by atoms with Gasteiger partial charge in [-0.3, -0.25) is 4.72 Å². The van der Waals surface area contributed by atoms with Crippen LogP contribution in [0, 0.1) is 12.8 Å². The van der Waals surface area contributed by atoms with Crippen molar-refractivity contribution in [3.63, 3.8) is 0 Å². The maximum Gasteiger partial charge on any atom is 0.232 e. The molecule has 0 bridgehead atoms. The molecule has 6 heteroatoms. The summed E-state index contributed by atoms with van der Waals surface area (Å²) < 4.78 is 27.3. The van der Waals surface area contributed by atoms with Gasteiger partial charge in [-0.25, -0.2) is 8.42 Å². The molecule has 0 atom stereocenters. The van der Waals surface area contributed by atoms with E-state index in [1.807, 2.05) is 44.1 Å². The molecule has 1 aromatic rings. The molecule has 5 nitrogen and oxygen atoms in total. The Hall–Kier alpha value is -1.27. The van der Waals surface area contributed by atoms with Crippen molar-refractivity contribution in [3.8, 4) is 0 Å². The number of nitrogens with zero attached hydrogens (tertiary/aromatic N) is 1. The Balaban J connectivity index is 2.07. The lowest BCUT2D eigenvalue weighted by atomic mass is 10.0. The van der Waals surface area contributed by atoms with Gasteiger partial charge in [-0.1, -0.05) is 6.07 Å². The SMILES string of the molecule is Cc1ccc(NS(=O)(=O)CC2CCNCC2)cc1N(C)C. The minimum atomic E-state index is -3.29. The van der Waals surface area contributed by atoms with Crippen LogP contribution in [0.25, 0.3) is 0 Å². The molecule has 2 rings (SSSR count). The van der Waals surface area contributed by atoms with Crippen molar-refractivity contribution in [2.24, 2.45) is 5.92 Å². The molecule has 0 spiro atoms. The van der Waals surface area contributed by atoms with E-state index in [9.17, 15) is 8.42 Å². The van der Waals surface area contributed by atoms with E-state index < -0.39 is 10.0 Å². The number of hydrogen-bond acceptors (Lipinski definition) is 4. The monoisotopic (exact) mass is 311 g/mol. The van der Waals surface area contributed by atoms with Crippen molar-refractivity contribution < 1.29 is 8.42 Å². The van der Waals surface area contributed by atoms with Crippen molar-refractivity contribution in [2.45, 2.75) is 19.8 Å². The van der Waals surface area contributed by atoms with Crippen molar-refractivity contribution in [3.05, 3.63) is 23.8 Å². The zero-order valence-corrected chi connectivity index (χ0v) is 13.8. The minimum absolute atomic E-state index is 0.208. The fourth-order valence-electron chi connectivity index (χ4n) is 2.73. The number of aryl methyl sites for hydroxylation is 1. The maximum atomic E-state index is 12.3. The van der Waals surface area contributed by atoms with Gasteiger partial charge < -0.3 is 10.2 Å². The summed E-state index contributed by atoms with van der Waals surface area (Å²) in [6.45, 7) is 3.84. The van der Waals surface area contributed by atoms with Crippen LogP contribution in [-0.4, -0.2) is 41.4 Å². The van der Waals surface area contributed by atoms with E-state index in [1.54, 1.807) is 0 Å². The molecule has 0 aromatic heterocycles. The zero-order chi connectivity index (χ0) is 15.5. The van der Waals surface area contributed by atoms with Crippen LogP contribution in [-0.2, 0) is 10.0 Å². The summed E-state index contributed by atoms with van der Waals surface area (Å²) >= 11 is 0. The molecule has 0 aliphatic carbocycles. The van der Waals surface area contributed by atoms with Gasteiger partial charge in [-0.15, -0.1) is 0 Å². The third-order valence-corrected chi connectivity index (χ3v) is 5.34. The van der Waals surface area contributed by atoms with Gasteiger partial charge in [0.1, 0.15) is 0 Å². The van der Waals surface area contributed by atoms with E-state index >= 15 is 0 Å². The Kier molecular flexibility index (Phi) is 5.11. The van der Waals surface area contributed by atoms with E-state index in [1.165, 1.54) is 0 Å². The predicted octanol–water partition coefficient (Wildman–Crippen LogP) is 1.80. The molecule has 118 valence electrons. The Morgan fingerprint density at radius 1 is 1.29 bits per heavy atom. The second-order valence-corrected chi connectivity index (χ2v) is 7.74. The topological polar surface area (TPSA) is 61.4 Å². The molecular formula is C15H25N3O2S. The second-order valence-electron chi connectivity index (χ2n) is 5.97. The smallest absolute Gasteiger partial charge is 0.232 e. The van der Waals surface area contributed by atoms with E-state index in [0.717, 1.165) is 37.2 Å². The quantitative estimate of drug-likeness (QED) is 0.870. The number of rotatable bonds is 5. The third-order valence-electron chi connectivity index (χ3n) is 3.88. The lowest BCUT2D eigenvalue weighted by Crippen LogP contribution is -2.33. The van der Waals surface area contributed by atoms with Crippen molar-refractivity contribution in [2.75, 3.05) is 42.6 Å². The summed E-state index contributed by atoms with van der Waals surface area (Å²) in [5, 5.41) is 3.26. The van der Waals surface area contributed by atoms with Crippen LogP contribution in [0.1, 0.15) is 18.4 Å². The van der Waals surface area contributed by atoms with E-state index in [-0.39, 0.29) is 11.7 Å². The van der Waals surface area contributed by atoms with Gasteiger partial charge in [0.15, 0.2) is 0 Å². The first-order chi connectivity index (χ1) is 9.87. The molecule has 1 aliphatic rings. The van der Waals surface area contributed by atoms with Crippen LogP contribution >= 0.6 is 0 Å². The van der Waals surface area contributed by atoms with Crippen LogP contribution in [0.4, 0.5) is 11.4 Å². The number of hydrogen-bond donors (Lipinski definition) is 2. The summed E-state index contributed by atoms with van der Waals surface area (Å²) in [5.41, 5.74) is 2.79. The first-order valence-electron chi connectivity index (χ1n) is 7.36. The zero-order valence-electron chi connectivity index (χ0n) is 13.0. The molecule has 1 saturated heterocycles. The molecule has 21 heavy (non-hydrogen) atoms. The number of nitrogens with one attached hydrogen (secondary N) is 2. The first kappa shape index (κ1) is 16.1. The average Bonchev–Trinajstić information content (AvgIpc) is 2.41. The van der Waals surface area contributed by atoms with Gasteiger partial charge in [0.25, 0.3) is 0 Å². The van der Waals surface area contributed by atoms with Gasteiger partial charge in [-0.2, -0.15) is 0 Å². The van der Waals surface area contributed by atoms with Crippen molar-refractivity contribution in [1.29, 1.82) is 0 Å². The summed E-state index contributed by atoms with van der Waals surface area (Å²) in [5.74, 6) is 0.461. The first-order valence-corrected chi connectivity index (χ1v) is 9.02. The van der Waals surface area contributed by atoms with Gasteiger partial charge in [0.2, 0.25) is 10.0 Å². The van der Waals surface area contributed by atoms with Gasteiger partial charge in [0, 0.05) is 19.8 Å². The summed E-state index contributed by atoms with van der Waals surface area (Å²) in [7, 11) is 0.622. The molecule has 1 fully saturated rings. The van der Waals surface area contributed by atoms with Crippen LogP contribution in [0.15, 0.2) is 18.2 Å². The largest absolute Gasteiger partial charge is 0.377 e. The Labute approximate surface area is 127 Å². The van der Waals surface area contributed by atoms with Crippen LogP contribution in [0.5, 0.6) is 0 Å². The maximum absolute atomic E-state index is 12.3. The molecule has 1 heterocycles. The van der Waals surface area contributed by atoms with Crippen LogP contribution in [0.2, 0.25) is 0 Å². The molecule has 2 N–H and O–H groups in total. The molecule has 1 aliphatic heterocycles. The number of sulfonamides is 1. The van der Waals surface area contributed by atoms with E-state index in [2.05, 4.69) is 10.0 Å². The fraction of sp³-hybridized carbons (Fsp3) is 0.600. The minimum Gasteiger partial charge on any atom is -0.377 e. The summed E-state index contributed by atoms with van der Waals surface area (Å²) in [6, 6.07) is 5.65. The molecular weight excluding hydrogens is 286 g/mol. The standard InChI is InChI=1S/C15H25N3O2S/c1-12-4-5-14(10-15(12)18(2)3)17-21(19,20)11-13-6-8-16-9-7-13/h4-5,10,13,16-17H,6-9,11H2,1-3H3. The number of benzene rings is 1. The predicted molar refractivity (Wildman–Crippen MR) is 88.5 cm³/mol. The third kappa shape index (κ3) is 4.61. The molecule has 0 amide bonds. The Morgan fingerprint density at radius 3 is 2.57 bits per heavy atom. The van der Waals surface area contributed by atoms with Crippen molar-refractivity contribution >= 4 is 21.4 Å². The molecule has 0 radical (unpaired) electrons. The van der Waals surface area contributed by atoms with E-state index in [0.29, 0.717) is 5.69 Å². The van der Waals surface area contributed by atoms with Crippen molar-refractivity contribution in [1.82, 2.24) is 5.32 Å². The Bertz CT molecular complexity index is 579. The lowest BCUT2D eigenvalue weighted by molar-refractivity contribution is 0.402. The Morgan fingerprint density at radius 2 is 1.95 bits per heavy atom. The van der Waals surface area contributed by atoms with Crippen LogP contribution < -0.4 is 14.9 Å². The normalized spacial score (nSPS) is 16.7. The molecule has 1 aromatic carbocycles. The van der Waals surface area contributed by atoms with Gasteiger partial charge in [-0.05, 0) is 56.5 Å². The highest BCUT2D eigenvalue weighted by Gasteiger charge is 2.21. The van der Waals surface area contributed by atoms with Crippen LogP contribution in [0.3, 0.4) is 0 Å². The number of piperidine rings is 1. The summed E-state index contributed by atoms with van der Waals surface area (Å²) in [6.07, 6.45) is 1.86. The molecule has 0 saturated carbocycles. The lowest BCUT2D eigenvalue weighted by Gasteiger charge is -2.23. The highest BCUT2D eigenvalue weighted by molar-refractivity contribution is 7.92. The van der Waals surface area contributed by atoms with Gasteiger partial charge in [0.05, 0.1) is 11.4 Å². The average molecular weight is 311 g/mol. The fourth-order valence-corrected chi connectivity index (χ4v) is 4.26. The van der Waals surface area contributed by atoms with E-state index in [4.69, 9.17) is 0 Å².